The number of hydrogen-bond donors (Lipinski definition) is 1. The first kappa shape index (κ1) is 20.0. The minimum Gasteiger partial charge on any atom is -0.493 e. The van der Waals surface area contributed by atoms with Gasteiger partial charge >= 0.3 is 6.03 Å². The van der Waals surface area contributed by atoms with Crippen molar-refractivity contribution in [2.45, 2.75) is 19.5 Å². The molecule has 1 atom stereocenters. The molecule has 1 aliphatic heterocycles. The van der Waals surface area contributed by atoms with E-state index in [4.69, 9.17) is 9.47 Å². The highest BCUT2D eigenvalue weighted by Gasteiger charge is 2.22. The normalized spacial score (nSPS) is 15.8. The van der Waals surface area contributed by atoms with Gasteiger partial charge in [0.05, 0.1) is 20.3 Å². The second kappa shape index (κ2) is 9.46. The molecule has 1 N–H and O–H groups in total. The van der Waals surface area contributed by atoms with E-state index in [2.05, 4.69) is 16.3 Å². The van der Waals surface area contributed by atoms with E-state index in [0.717, 1.165) is 49.8 Å². The van der Waals surface area contributed by atoms with Gasteiger partial charge in [0, 0.05) is 32.7 Å². The molecule has 2 aromatic carbocycles. The van der Waals surface area contributed by atoms with Crippen LogP contribution in [0.3, 0.4) is 0 Å². The van der Waals surface area contributed by atoms with Gasteiger partial charge in [0.15, 0.2) is 11.5 Å². The highest BCUT2D eigenvalue weighted by Crippen LogP contribution is 2.28. The van der Waals surface area contributed by atoms with Crippen molar-refractivity contribution in [3.05, 3.63) is 59.7 Å². The fourth-order valence-corrected chi connectivity index (χ4v) is 3.45. The molecule has 150 valence electrons. The first-order valence-electron chi connectivity index (χ1n) is 9.64. The number of nitrogens with zero attached hydrogens (tertiary/aromatic N) is 2. The zero-order valence-electron chi connectivity index (χ0n) is 16.9. The second-order valence-corrected chi connectivity index (χ2v) is 7.03. The molecule has 28 heavy (non-hydrogen) atoms. The van der Waals surface area contributed by atoms with E-state index in [-0.39, 0.29) is 12.1 Å². The Morgan fingerprint density at radius 3 is 2.32 bits per heavy atom. The number of hydrogen-bond acceptors (Lipinski definition) is 4. The Morgan fingerprint density at radius 2 is 1.68 bits per heavy atom. The van der Waals surface area contributed by atoms with Crippen molar-refractivity contribution in [2.75, 3.05) is 40.4 Å². The van der Waals surface area contributed by atoms with Crippen molar-refractivity contribution in [3.63, 3.8) is 0 Å². The summed E-state index contributed by atoms with van der Waals surface area (Å²) in [5.74, 6) is 1.48. The fourth-order valence-electron chi connectivity index (χ4n) is 3.45. The van der Waals surface area contributed by atoms with E-state index < -0.39 is 0 Å². The topological polar surface area (TPSA) is 54.0 Å². The maximum Gasteiger partial charge on any atom is 0.317 e. The summed E-state index contributed by atoms with van der Waals surface area (Å²) >= 11 is 0. The number of carbonyl (C=O) groups excluding carboxylic acids is 1. The smallest absolute Gasteiger partial charge is 0.317 e. The van der Waals surface area contributed by atoms with Crippen molar-refractivity contribution in [1.82, 2.24) is 15.1 Å². The van der Waals surface area contributed by atoms with E-state index in [1.165, 1.54) is 5.56 Å². The molecule has 1 heterocycles. The second-order valence-electron chi connectivity index (χ2n) is 7.03. The van der Waals surface area contributed by atoms with Gasteiger partial charge in [-0.05, 0) is 30.2 Å². The SMILES string of the molecule is COc1ccc(CN2CCN(C(=O)NC(C)c3ccccc3)CC2)cc1OC. The zero-order chi connectivity index (χ0) is 19.9. The molecule has 6 heteroatoms. The number of rotatable bonds is 6. The first-order chi connectivity index (χ1) is 13.6. The lowest BCUT2D eigenvalue weighted by Crippen LogP contribution is -2.51. The third-order valence-corrected chi connectivity index (χ3v) is 5.15. The van der Waals surface area contributed by atoms with E-state index in [9.17, 15) is 4.79 Å². The summed E-state index contributed by atoms with van der Waals surface area (Å²) in [7, 11) is 3.29. The number of benzene rings is 2. The minimum atomic E-state index is -0.00139. The van der Waals surface area contributed by atoms with Crippen LogP contribution in [0.4, 0.5) is 4.79 Å². The molecule has 0 saturated carbocycles. The molecule has 3 rings (SSSR count). The van der Waals surface area contributed by atoms with Crippen molar-refractivity contribution in [3.8, 4) is 11.5 Å². The lowest BCUT2D eigenvalue weighted by Gasteiger charge is -2.35. The molecule has 1 saturated heterocycles. The summed E-state index contributed by atoms with van der Waals surface area (Å²) in [5.41, 5.74) is 2.29. The van der Waals surface area contributed by atoms with Crippen molar-refractivity contribution in [1.29, 1.82) is 0 Å². The average molecular weight is 383 g/mol. The molecular formula is C22H29N3O3. The summed E-state index contributed by atoms with van der Waals surface area (Å²) in [5, 5.41) is 3.10. The van der Waals surface area contributed by atoms with Crippen molar-refractivity contribution < 1.29 is 14.3 Å². The van der Waals surface area contributed by atoms with Crippen molar-refractivity contribution >= 4 is 6.03 Å². The Labute approximate surface area is 167 Å². The quantitative estimate of drug-likeness (QED) is 0.832. The van der Waals surface area contributed by atoms with Crippen LogP contribution in [0.25, 0.3) is 0 Å². The lowest BCUT2D eigenvalue weighted by molar-refractivity contribution is 0.133. The molecular weight excluding hydrogens is 354 g/mol. The summed E-state index contributed by atoms with van der Waals surface area (Å²) in [6.07, 6.45) is 0. The van der Waals surface area contributed by atoms with Gasteiger partial charge in [-0.15, -0.1) is 0 Å². The molecule has 1 aliphatic rings. The molecule has 1 fully saturated rings. The number of amides is 2. The predicted molar refractivity (Wildman–Crippen MR) is 110 cm³/mol. The summed E-state index contributed by atoms with van der Waals surface area (Å²) in [6.45, 7) is 5.99. The number of urea groups is 1. The Kier molecular flexibility index (Phi) is 6.76. The van der Waals surface area contributed by atoms with Crippen LogP contribution in [-0.2, 0) is 6.54 Å². The largest absolute Gasteiger partial charge is 0.493 e. The molecule has 1 unspecified atom stereocenters. The van der Waals surface area contributed by atoms with E-state index in [1.807, 2.05) is 54.3 Å². The number of methoxy groups -OCH3 is 2. The molecule has 0 bridgehead atoms. The highest BCUT2D eigenvalue weighted by molar-refractivity contribution is 5.74. The maximum absolute atomic E-state index is 12.6. The average Bonchev–Trinajstić information content (AvgIpc) is 2.74. The van der Waals surface area contributed by atoms with Gasteiger partial charge in [-0.2, -0.15) is 0 Å². The monoisotopic (exact) mass is 383 g/mol. The van der Waals surface area contributed by atoms with Gasteiger partial charge in [-0.1, -0.05) is 36.4 Å². The molecule has 0 radical (unpaired) electrons. The third-order valence-electron chi connectivity index (χ3n) is 5.15. The van der Waals surface area contributed by atoms with Crippen LogP contribution in [0.15, 0.2) is 48.5 Å². The summed E-state index contributed by atoms with van der Waals surface area (Å²) in [4.78, 5) is 16.8. The molecule has 0 aromatic heterocycles. The molecule has 0 aliphatic carbocycles. The number of ether oxygens (including phenoxy) is 2. The Morgan fingerprint density at radius 1 is 1.00 bits per heavy atom. The molecule has 2 aromatic rings. The Bertz CT molecular complexity index is 774. The van der Waals surface area contributed by atoms with Gasteiger partial charge in [0.2, 0.25) is 0 Å². The fraction of sp³-hybridized carbons (Fsp3) is 0.409. The first-order valence-corrected chi connectivity index (χ1v) is 9.64. The molecule has 0 spiro atoms. The zero-order valence-corrected chi connectivity index (χ0v) is 16.9. The van der Waals surface area contributed by atoms with Gasteiger partial charge < -0.3 is 19.7 Å². The molecule has 6 nitrogen and oxygen atoms in total. The van der Waals surface area contributed by atoms with Crippen LogP contribution in [-0.4, -0.2) is 56.2 Å². The van der Waals surface area contributed by atoms with Gasteiger partial charge in [-0.25, -0.2) is 4.79 Å². The van der Waals surface area contributed by atoms with Gasteiger partial charge in [0.1, 0.15) is 0 Å². The molecule has 2 amide bonds. The standard InChI is InChI=1S/C22H29N3O3/c1-17(19-7-5-4-6-8-19)23-22(26)25-13-11-24(12-14-25)16-18-9-10-20(27-2)21(15-18)28-3/h4-10,15,17H,11-14,16H2,1-3H3,(H,23,26). The van der Waals surface area contributed by atoms with Crippen molar-refractivity contribution in [2.24, 2.45) is 0 Å². The summed E-state index contributed by atoms with van der Waals surface area (Å²) in [6, 6.07) is 16.0. The van der Waals surface area contributed by atoms with E-state index in [0.29, 0.717) is 0 Å². The number of nitrogens with one attached hydrogen (secondary N) is 1. The minimum absolute atomic E-state index is 0.00139. The van der Waals surface area contributed by atoms with E-state index >= 15 is 0 Å². The van der Waals surface area contributed by atoms with Gasteiger partial charge in [0.25, 0.3) is 0 Å². The van der Waals surface area contributed by atoms with Crippen LogP contribution in [0.1, 0.15) is 24.1 Å². The number of piperazine rings is 1. The van der Waals surface area contributed by atoms with Gasteiger partial charge in [-0.3, -0.25) is 4.90 Å². The maximum atomic E-state index is 12.6. The van der Waals surface area contributed by atoms with Crippen LogP contribution in [0, 0.1) is 0 Å². The Hall–Kier alpha value is -2.73. The lowest BCUT2D eigenvalue weighted by atomic mass is 10.1. The predicted octanol–water partition coefficient (Wildman–Crippen LogP) is 3.29. The highest BCUT2D eigenvalue weighted by atomic mass is 16.5. The van der Waals surface area contributed by atoms with Crippen LogP contribution in [0.2, 0.25) is 0 Å². The number of carbonyl (C=O) groups is 1. The van der Waals surface area contributed by atoms with Crippen LogP contribution in [0.5, 0.6) is 11.5 Å². The third kappa shape index (κ3) is 4.95. The van der Waals surface area contributed by atoms with Crippen LogP contribution < -0.4 is 14.8 Å². The van der Waals surface area contributed by atoms with Crippen LogP contribution >= 0.6 is 0 Å². The summed E-state index contributed by atoms with van der Waals surface area (Å²) < 4.78 is 10.7. The Balaban J connectivity index is 1.49. The van der Waals surface area contributed by atoms with E-state index in [1.54, 1.807) is 14.2 Å².